The second-order valence-corrected chi connectivity index (χ2v) is 4.24. The van der Waals surface area contributed by atoms with Gasteiger partial charge in [-0.1, -0.05) is 42.5 Å². The van der Waals surface area contributed by atoms with E-state index in [0.717, 1.165) is 24.8 Å². The van der Waals surface area contributed by atoms with E-state index in [0.29, 0.717) is 0 Å². The van der Waals surface area contributed by atoms with Gasteiger partial charge in [0.2, 0.25) is 0 Å². The Morgan fingerprint density at radius 3 is 2.87 bits per heavy atom. The van der Waals surface area contributed by atoms with Crippen LogP contribution in [0.5, 0.6) is 0 Å². The largest absolute Gasteiger partial charge is 0.319 e. The zero-order valence-electron chi connectivity index (χ0n) is 9.32. The maximum absolute atomic E-state index is 3.15. The molecule has 1 fully saturated rings. The quantitative estimate of drug-likeness (QED) is 0.570. The molecule has 0 aromatic heterocycles. The zero-order valence-corrected chi connectivity index (χ0v) is 9.32. The van der Waals surface area contributed by atoms with E-state index in [-0.39, 0.29) is 0 Å². The fraction of sp³-hybridized carbons (Fsp3) is 0.429. The van der Waals surface area contributed by atoms with Crippen LogP contribution >= 0.6 is 0 Å². The minimum absolute atomic E-state index is 0.789. The molecule has 2 rings (SSSR count). The molecule has 1 aliphatic rings. The highest BCUT2D eigenvalue weighted by molar-refractivity contribution is 5.28. The first-order valence-corrected chi connectivity index (χ1v) is 5.78. The lowest BCUT2D eigenvalue weighted by Crippen LogP contribution is -2.05. The molecule has 15 heavy (non-hydrogen) atoms. The summed E-state index contributed by atoms with van der Waals surface area (Å²) in [5.41, 5.74) is 1.50. The average molecular weight is 201 g/mol. The Bertz CT molecular complexity index is 315. The second kappa shape index (κ2) is 5.13. The van der Waals surface area contributed by atoms with Gasteiger partial charge >= 0.3 is 0 Å². The van der Waals surface area contributed by atoms with Crippen molar-refractivity contribution in [2.24, 2.45) is 5.92 Å². The maximum atomic E-state index is 3.15. The first kappa shape index (κ1) is 10.4. The number of rotatable bonds is 5. The number of allylic oxidation sites excluding steroid dienone is 1. The van der Waals surface area contributed by atoms with Crippen LogP contribution in [0.4, 0.5) is 0 Å². The Hall–Kier alpha value is -1.08. The molecule has 0 spiro atoms. The fourth-order valence-electron chi connectivity index (χ4n) is 2.01. The zero-order chi connectivity index (χ0) is 10.5. The van der Waals surface area contributed by atoms with Crippen LogP contribution in [0.25, 0.3) is 0 Å². The summed E-state index contributed by atoms with van der Waals surface area (Å²) < 4.78 is 0. The maximum Gasteiger partial charge on any atom is -0.00173 e. The molecule has 0 radical (unpaired) electrons. The van der Waals surface area contributed by atoms with E-state index in [9.17, 15) is 0 Å². The van der Waals surface area contributed by atoms with Gasteiger partial charge in [-0.2, -0.15) is 0 Å². The second-order valence-electron chi connectivity index (χ2n) is 4.24. The van der Waals surface area contributed by atoms with Crippen molar-refractivity contribution in [2.75, 3.05) is 13.6 Å². The van der Waals surface area contributed by atoms with Gasteiger partial charge in [-0.15, -0.1) is 0 Å². The SMILES string of the molecule is CNCC/C=C/C1CC1c1ccccc1. The summed E-state index contributed by atoms with van der Waals surface area (Å²) in [6, 6.07) is 10.8. The number of hydrogen-bond acceptors (Lipinski definition) is 1. The molecular weight excluding hydrogens is 182 g/mol. The van der Waals surface area contributed by atoms with Crippen LogP contribution in [-0.4, -0.2) is 13.6 Å². The monoisotopic (exact) mass is 201 g/mol. The van der Waals surface area contributed by atoms with Crippen molar-refractivity contribution < 1.29 is 0 Å². The third-order valence-electron chi connectivity index (χ3n) is 3.01. The average Bonchev–Trinajstić information content (AvgIpc) is 3.05. The van der Waals surface area contributed by atoms with E-state index < -0.39 is 0 Å². The topological polar surface area (TPSA) is 12.0 Å². The summed E-state index contributed by atoms with van der Waals surface area (Å²) >= 11 is 0. The molecule has 0 saturated heterocycles. The Labute approximate surface area is 92.2 Å². The third kappa shape index (κ3) is 2.93. The van der Waals surface area contributed by atoms with E-state index in [1.807, 2.05) is 7.05 Å². The lowest BCUT2D eigenvalue weighted by atomic mass is 10.1. The molecule has 80 valence electrons. The molecular formula is C14H19N. The summed E-state index contributed by atoms with van der Waals surface area (Å²) in [6.45, 7) is 1.08. The van der Waals surface area contributed by atoms with Crippen LogP contribution in [0.3, 0.4) is 0 Å². The molecule has 1 nitrogen and oxygen atoms in total. The van der Waals surface area contributed by atoms with Gasteiger partial charge in [0, 0.05) is 0 Å². The fourth-order valence-corrected chi connectivity index (χ4v) is 2.01. The van der Waals surface area contributed by atoms with Gasteiger partial charge in [0.25, 0.3) is 0 Å². The Morgan fingerprint density at radius 2 is 2.13 bits per heavy atom. The van der Waals surface area contributed by atoms with Gasteiger partial charge in [-0.3, -0.25) is 0 Å². The summed E-state index contributed by atoms with van der Waals surface area (Å²) in [7, 11) is 2.00. The van der Waals surface area contributed by atoms with Crippen molar-refractivity contribution in [1.82, 2.24) is 5.32 Å². The first-order chi connectivity index (χ1) is 7.42. The Balaban J connectivity index is 1.79. The molecule has 1 heteroatoms. The molecule has 1 N–H and O–H groups in total. The predicted octanol–water partition coefficient (Wildman–Crippen LogP) is 2.96. The van der Waals surface area contributed by atoms with E-state index >= 15 is 0 Å². The van der Waals surface area contributed by atoms with Crippen LogP contribution in [0.1, 0.15) is 24.3 Å². The van der Waals surface area contributed by atoms with Crippen LogP contribution in [-0.2, 0) is 0 Å². The number of benzene rings is 1. The predicted molar refractivity (Wildman–Crippen MR) is 65.0 cm³/mol. The van der Waals surface area contributed by atoms with Crippen LogP contribution in [0, 0.1) is 5.92 Å². The van der Waals surface area contributed by atoms with E-state index in [2.05, 4.69) is 47.8 Å². The van der Waals surface area contributed by atoms with Gasteiger partial charge in [0.05, 0.1) is 0 Å². The lowest BCUT2D eigenvalue weighted by molar-refractivity contribution is 0.804. The van der Waals surface area contributed by atoms with Crippen LogP contribution in [0.2, 0.25) is 0 Å². The van der Waals surface area contributed by atoms with Crippen LogP contribution in [0.15, 0.2) is 42.5 Å². The highest BCUT2D eigenvalue weighted by Crippen LogP contribution is 2.48. The van der Waals surface area contributed by atoms with Crippen molar-refractivity contribution in [3.8, 4) is 0 Å². The standard InChI is InChI=1S/C14H19N/c1-15-10-6-5-9-13-11-14(13)12-7-3-2-4-8-12/h2-5,7-9,13-15H,6,10-11H2,1H3/b9-5+. The van der Waals surface area contributed by atoms with Gasteiger partial charge in [-0.25, -0.2) is 0 Å². The van der Waals surface area contributed by atoms with Crippen molar-refractivity contribution in [3.63, 3.8) is 0 Å². The minimum Gasteiger partial charge on any atom is -0.319 e. The third-order valence-corrected chi connectivity index (χ3v) is 3.01. The molecule has 1 saturated carbocycles. The van der Waals surface area contributed by atoms with Crippen molar-refractivity contribution in [1.29, 1.82) is 0 Å². The Kier molecular flexibility index (Phi) is 3.57. The highest BCUT2D eigenvalue weighted by atomic mass is 14.8. The number of nitrogens with one attached hydrogen (secondary N) is 1. The molecule has 1 aliphatic carbocycles. The molecule has 0 aliphatic heterocycles. The smallest absolute Gasteiger partial charge is 0.00173 e. The molecule has 2 atom stereocenters. The van der Waals surface area contributed by atoms with Gasteiger partial charge in [0.1, 0.15) is 0 Å². The van der Waals surface area contributed by atoms with Crippen molar-refractivity contribution in [3.05, 3.63) is 48.0 Å². The summed E-state index contributed by atoms with van der Waals surface area (Å²) in [5.74, 6) is 1.58. The summed E-state index contributed by atoms with van der Waals surface area (Å²) in [5, 5.41) is 3.15. The van der Waals surface area contributed by atoms with Crippen molar-refractivity contribution >= 4 is 0 Å². The van der Waals surface area contributed by atoms with Crippen LogP contribution < -0.4 is 5.32 Å². The van der Waals surface area contributed by atoms with E-state index in [1.54, 1.807) is 0 Å². The summed E-state index contributed by atoms with van der Waals surface area (Å²) in [6.07, 6.45) is 7.17. The van der Waals surface area contributed by atoms with Gasteiger partial charge in [-0.05, 0) is 43.8 Å². The van der Waals surface area contributed by atoms with Crippen molar-refractivity contribution in [2.45, 2.75) is 18.8 Å². The molecule has 2 unspecified atom stereocenters. The van der Waals surface area contributed by atoms with Gasteiger partial charge < -0.3 is 5.32 Å². The van der Waals surface area contributed by atoms with E-state index in [1.165, 1.54) is 12.0 Å². The molecule has 1 aromatic carbocycles. The molecule has 0 heterocycles. The molecule has 0 bridgehead atoms. The summed E-state index contributed by atoms with van der Waals surface area (Å²) in [4.78, 5) is 0. The molecule has 0 amide bonds. The molecule has 1 aromatic rings. The first-order valence-electron chi connectivity index (χ1n) is 5.78. The van der Waals surface area contributed by atoms with E-state index in [4.69, 9.17) is 0 Å². The highest BCUT2D eigenvalue weighted by Gasteiger charge is 2.35. The normalized spacial score (nSPS) is 24.6. The minimum atomic E-state index is 0.789. The van der Waals surface area contributed by atoms with Gasteiger partial charge in [0.15, 0.2) is 0 Å². The number of hydrogen-bond donors (Lipinski definition) is 1. The lowest BCUT2D eigenvalue weighted by Gasteiger charge is -1.96. The Morgan fingerprint density at radius 1 is 1.33 bits per heavy atom.